The van der Waals surface area contributed by atoms with Gasteiger partial charge in [0.15, 0.2) is 0 Å². The molecule has 2 rings (SSSR count). The van der Waals surface area contributed by atoms with Crippen molar-refractivity contribution < 1.29 is 4.79 Å². The van der Waals surface area contributed by atoms with Crippen molar-refractivity contribution in [1.29, 1.82) is 0 Å². The summed E-state index contributed by atoms with van der Waals surface area (Å²) < 4.78 is 0.925. The van der Waals surface area contributed by atoms with Crippen molar-refractivity contribution in [3.05, 3.63) is 64.6 Å². The van der Waals surface area contributed by atoms with Gasteiger partial charge in [0, 0.05) is 16.7 Å². The number of halogens is 1. The van der Waals surface area contributed by atoms with Gasteiger partial charge in [-0.15, -0.1) is 0 Å². The summed E-state index contributed by atoms with van der Waals surface area (Å²) in [5, 5.41) is 2.88. The van der Waals surface area contributed by atoms with Crippen molar-refractivity contribution in [2.45, 2.75) is 5.92 Å². The Kier molecular flexibility index (Phi) is 4.71. The molecule has 0 saturated carbocycles. The highest BCUT2D eigenvalue weighted by Gasteiger charge is 2.18. The minimum atomic E-state index is -0.333. The van der Waals surface area contributed by atoms with Gasteiger partial charge >= 0.3 is 0 Å². The largest absolute Gasteiger partial charge is 0.329 e. The Balaban J connectivity index is 2.14. The highest BCUT2D eigenvalue weighted by atomic mass is 79.9. The Morgan fingerprint density at radius 2 is 1.89 bits per heavy atom. The first-order valence-corrected chi connectivity index (χ1v) is 6.81. The van der Waals surface area contributed by atoms with Crippen LogP contribution in [0.5, 0.6) is 0 Å². The maximum absolute atomic E-state index is 12.2. The standard InChI is InChI=1S/C15H15BrN2O/c16-12-7-4-8-13(9-12)18-15(19)14(10-17)11-5-2-1-3-6-11/h1-9,14H,10,17H2,(H,18,19). The van der Waals surface area contributed by atoms with Crippen LogP contribution in [0.1, 0.15) is 11.5 Å². The molecule has 0 aliphatic carbocycles. The number of carbonyl (C=O) groups is 1. The van der Waals surface area contributed by atoms with E-state index in [2.05, 4.69) is 21.2 Å². The Labute approximate surface area is 121 Å². The molecule has 2 aromatic carbocycles. The fraction of sp³-hybridized carbons (Fsp3) is 0.133. The van der Waals surface area contributed by atoms with Gasteiger partial charge in [0.2, 0.25) is 5.91 Å². The van der Waals surface area contributed by atoms with Gasteiger partial charge in [-0.2, -0.15) is 0 Å². The zero-order valence-electron chi connectivity index (χ0n) is 10.3. The van der Waals surface area contributed by atoms with Crippen LogP contribution in [0, 0.1) is 0 Å². The van der Waals surface area contributed by atoms with E-state index in [1.165, 1.54) is 0 Å². The Bertz CT molecular complexity index is 557. The zero-order chi connectivity index (χ0) is 13.7. The van der Waals surface area contributed by atoms with E-state index < -0.39 is 0 Å². The van der Waals surface area contributed by atoms with E-state index >= 15 is 0 Å². The molecule has 1 amide bonds. The van der Waals surface area contributed by atoms with Crippen LogP contribution in [0.3, 0.4) is 0 Å². The smallest absolute Gasteiger partial charge is 0.233 e. The van der Waals surface area contributed by atoms with Crippen molar-refractivity contribution in [3.63, 3.8) is 0 Å². The molecule has 0 radical (unpaired) electrons. The molecule has 0 aliphatic rings. The minimum absolute atomic E-state index is 0.0909. The van der Waals surface area contributed by atoms with Gasteiger partial charge in [-0.1, -0.05) is 52.3 Å². The van der Waals surface area contributed by atoms with Crippen LogP contribution in [-0.2, 0) is 4.79 Å². The van der Waals surface area contributed by atoms with Crippen LogP contribution in [0.2, 0.25) is 0 Å². The predicted octanol–water partition coefficient (Wildman–Crippen LogP) is 3.13. The molecule has 0 heterocycles. The second-order valence-electron chi connectivity index (χ2n) is 4.20. The first kappa shape index (κ1) is 13.8. The normalized spacial score (nSPS) is 11.9. The fourth-order valence-electron chi connectivity index (χ4n) is 1.88. The molecule has 3 nitrogen and oxygen atoms in total. The molecule has 98 valence electrons. The van der Waals surface area contributed by atoms with E-state index in [1.54, 1.807) is 0 Å². The van der Waals surface area contributed by atoms with E-state index in [9.17, 15) is 4.79 Å². The van der Waals surface area contributed by atoms with Gasteiger partial charge in [-0.05, 0) is 23.8 Å². The Hall–Kier alpha value is -1.65. The number of hydrogen-bond donors (Lipinski definition) is 2. The topological polar surface area (TPSA) is 55.1 Å². The summed E-state index contributed by atoms with van der Waals surface area (Å²) in [6.45, 7) is 0.282. The maximum Gasteiger partial charge on any atom is 0.233 e. The molecule has 3 N–H and O–H groups in total. The van der Waals surface area contributed by atoms with Gasteiger partial charge in [-0.25, -0.2) is 0 Å². The van der Waals surface area contributed by atoms with Crippen molar-refractivity contribution in [1.82, 2.24) is 0 Å². The van der Waals surface area contributed by atoms with E-state index in [0.29, 0.717) is 0 Å². The number of anilines is 1. The predicted molar refractivity (Wildman–Crippen MR) is 81.0 cm³/mol. The molecule has 0 aromatic heterocycles. The molecule has 1 atom stereocenters. The Morgan fingerprint density at radius 3 is 2.53 bits per heavy atom. The van der Waals surface area contributed by atoms with Crippen molar-refractivity contribution >= 4 is 27.5 Å². The summed E-state index contributed by atoms with van der Waals surface area (Å²) in [6.07, 6.45) is 0. The lowest BCUT2D eigenvalue weighted by atomic mass is 9.98. The van der Waals surface area contributed by atoms with Gasteiger partial charge < -0.3 is 11.1 Å². The molecule has 4 heteroatoms. The molecule has 0 saturated heterocycles. The second-order valence-corrected chi connectivity index (χ2v) is 5.11. The van der Waals surface area contributed by atoms with Gasteiger partial charge in [0.05, 0.1) is 5.92 Å². The molecule has 0 fully saturated rings. The number of benzene rings is 2. The Morgan fingerprint density at radius 1 is 1.16 bits per heavy atom. The SMILES string of the molecule is NCC(C(=O)Nc1cccc(Br)c1)c1ccccc1. The molecule has 2 aromatic rings. The van der Waals surface area contributed by atoms with Crippen LogP contribution in [0.15, 0.2) is 59.1 Å². The summed E-state index contributed by atoms with van der Waals surface area (Å²) in [4.78, 5) is 12.2. The van der Waals surface area contributed by atoms with Crippen molar-refractivity contribution in [3.8, 4) is 0 Å². The highest BCUT2D eigenvalue weighted by molar-refractivity contribution is 9.10. The average Bonchev–Trinajstić information content (AvgIpc) is 2.41. The summed E-state index contributed by atoms with van der Waals surface area (Å²) in [5.41, 5.74) is 7.41. The molecule has 0 aliphatic heterocycles. The van der Waals surface area contributed by atoms with Crippen molar-refractivity contribution in [2.75, 3.05) is 11.9 Å². The first-order chi connectivity index (χ1) is 9.20. The first-order valence-electron chi connectivity index (χ1n) is 6.02. The van der Waals surface area contributed by atoms with Crippen LogP contribution in [0.25, 0.3) is 0 Å². The number of nitrogens with one attached hydrogen (secondary N) is 1. The quantitative estimate of drug-likeness (QED) is 0.910. The molecular weight excluding hydrogens is 304 g/mol. The van der Waals surface area contributed by atoms with Gasteiger partial charge in [-0.3, -0.25) is 4.79 Å². The molecular formula is C15H15BrN2O. The fourth-order valence-corrected chi connectivity index (χ4v) is 2.27. The van der Waals surface area contributed by atoms with E-state index in [-0.39, 0.29) is 18.4 Å². The third kappa shape index (κ3) is 3.66. The van der Waals surface area contributed by atoms with Crippen LogP contribution in [-0.4, -0.2) is 12.5 Å². The average molecular weight is 319 g/mol. The summed E-state index contributed by atoms with van der Waals surface area (Å²) >= 11 is 3.38. The summed E-state index contributed by atoms with van der Waals surface area (Å²) in [6, 6.07) is 17.1. The maximum atomic E-state index is 12.2. The third-order valence-electron chi connectivity index (χ3n) is 2.85. The van der Waals surface area contributed by atoms with E-state index in [4.69, 9.17) is 5.73 Å². The van der Waals surface area contributed by atoms with Crippen molar-refractivity contribution in [2.24, 2.45) is 5.73 Å². The monoisotopic (exact) mass is 318 g/mol. The highest BCUT2D eigenvalue weighted by Crippen LogP contribution is 2.19. The van der Waals surface area contributed by atoms with Crippen LogP contribution in [0.4, 0.5) is 5.69 Å². The molecule has 1 unspecified atom stereocenters. The summed E-state index contributed by atoms with van der Waals surface area (Å²) in [7, 11) is 0. The van der Waals surface area contributed by atoms with Gasteiger partial charge in [0.25, 0.3) is 0 Å². The van der Waals surface area contributed by atoms with Gasteiger partial charge in [0.1, 0.15) is 0 Å². The number of nitrogens with two attached hydrogens (primary N) is 1. The minimum Gasteiger partial charge on any atom is -0.329 e. The molecule has 19 heavy (non-hydrogen) atoms. The lowest BCUT2D eigenvalue weighted by Crippen LogP contribution is -2.27. The van der Waals surface area contributed by atoms with E-state index in [0.717, 1.165) is 15.7 Å². The number of amides is 1. The number of carbonyl (C=O) groups excluding carboxylic acids is 1. The summed E-state index contributed by atoms with van der Waals surface area (Å²) in [5.74, 6) is -0.424. The lowest BCUT2D eigenvalue weighted by molar-refractivity contribution is -0.117. The number of hydrogen-bond acceptors (Lipinski definition) is 2. The van der Waals surface area contributed by atoms with Crippen LogP contribution >= 0.6 is 15.9 Å². The van der Waals surface area contributed by atoms with Crippen LogP contribution < -0.4 is 11.1 Å². The third-order valence-corrected chi connectivity index (χ3v) is 3.34. The van der Waals surface area contributed by atoms with E-state index in [1.807, 2.05) is 54.6 Å². The molecule has 0 spiro atoms. The molecule has 0 bridgehead atoms. The number of rotatable bonds is 4. The lowest BCUT2D eigenvalue weighted by Gasteiger charge is -2.15. The second kappa shape index (κ2) is 6.50. The zero-order valence-corrected chi connectivity index (χ0v) is 11.9.